The second kappa shape index (κ2) is 6.68. The largest absolute Gasteiger partial charge is 0.329 e. The van der Waals surface area contributed by atoms with Crippen LogP contribution >= 0.6 is 34.5 Å². The van der Waals surface area contributed by atoms with Crippen LogP contribution in [-0.2, 0) is 6.54 Å². The van der Waals surface area contributed by atoms with Gasteiger partial charge in [-0.1, -0.05) is 23.2 Å². The summed E-state index contributed by atoms with van der Waals surface area (Å²) in [6.45, 7) is 1.24. The summed E-state index contributed by atoms with van der Waals surface area (Å²) in [4.78, 5) is 6.44. The highest BCUT2D eigenvalue weighted by atomic mass is 35.5. The van der Waals surface area contributed by atoms with Crippen molar-refractivity contribution < 1.29 is 0 Å². The Kier molecular flexibility index (Phi) is 5.19. The third-order valence-electron chi connectivity index (χ3n) is 2.92. The zero-order chi connectivity index (χ0) is 13.8. The summed E-state index contributed by atoms with van der Waals surface area (Å²) in [5, 5.41) is 3.29. The van der Waals surface area contributed by atoms with Gasteiger partial charge < -0.3 is 5.73 Å². The van der Waals surface area contributed by atoms with Gasteiger partial charge in [0.05, 0.1) is 11.2 Å². The zero-order valence-electron chi connectivity index (χ0n) is 10.5. The van der Waals surface area contributed by atoms with E-state index < -0.39 is 0 Å². The molecule has 6 heteroatoms. The van der Waals surface area contributed by atoms with E-state index >= 15 is 0 Å². The molecule has 1 aromatic carbocycles. The molecule has 0 fully saturated rings. The van der Waals surface area contributed by atoms with Gasteiger partial charge in [-0.05, 0) is 30.8 Å². The van der Waals surface area contributed by atoms with Gasteiger partial charge in [-0.2, -0.15) is 0 Å². The molecule has 0 radical (unpaired) electrons. The highest BCUT2D eigenvalue weighted by molar-refractivity contribution is 7.07. The van der Waals surface area contributed by atoms with Crippen molar-refractivity contribution in [3.05, 3.63) is 50.4 Å². The molecule has 2 aromatic rings. The first-order valence-electron chi connectivity index (χ1n) is 5.83. The third-order valence-corrected chi connectivity index (χ3v) is 3.99. The Morgan fingerprint density at radius 3 is 2.53 bits per heavy atom. The molecule has 0 amide bonds. The minimum atomic E-state index is 0.0675. The van der Waals surface area contributed by atoms with Gasteiger partial charge in [0.15, 0.2) is 0 Å². The summed E-state index contributed by atoms with van der Waals surface area (Å²) >= 11 is 13.7. The number of hydrogen-bond acceptors (Lipinski definition) is 4. The van der Waals surface area contributed by atoms with Crippen LogP contribution < -0.4 is 5.73 Å². The van der Waals surface area contributed by atoms with Crippen LogP contribution in [0.15, 0.2) is 29.1 Å². The van der Waals surface area contributed by atoms with Crippen LogP contribution in [0, 0.1) is 0 Å². The Hall–Kier alpha value is -0.650. The predicted molar refractivity (Wildman–Crippen MR) is 81.8 cm³/mol. The summed E-state index contributed by atoms with van der Waals surface area (Å²) in [7, 11) is 2.02. The summed E-state index contributed by atoms with van der Waals surface area (Å²) in [5.74, 6) is 0. The van der Waals surface area contributed by atoms with E-state index in [4.69, 9.17) is 28.9 Å². The molecule has 102 valence electrons. The molecule has 1 aromatic heterocycles. The van der Waals surface area contributed by atoms with E-state index in [1.54, 1.807) is 17.4 Å². The van der Waals surface area contributed by atoms with Crippen molar-refractivity contribution in [2.75, 3.05) is 13.6 Å². The lowest BCUT2D eigenvalue weighted by Crippen LogP contribution is -2.30. The average molecular weight is 316 g/mol. The van der Waals surface area contributed by atoms with E-state index in [0.29, 0.717) is 16.6 Å². The Bertz CT molecular complexity index is 510. The molecule has 1 heterocycles. The fraction of sp³-hybridized carbons (Fsp3) is 0.308. The van der Waals surface area contributed by atoms with Crippen LogP contribution in [0.1, 0.15) is 17.3 Å². The number of likely N-dealkylation sites (N-methyl/N-ethyl adjacent to an activating group) is 1. The van der Waals surface area contributed by atoms with Gasteiger partial charge in [0.1, 0.15) is 0 Å². The molecule has 19 heavy (non-hydrogen) atoms. The number of rotatable bonds is 5. The molecule has 0 bridgehead atoms. The summed E-state index contributed by atoms with van der Waals surface area (Å²) in [6.07, 6.45) is 0. The van der Waals surface area contributed by atoms with Gasteiger partial charge >= 0.3 is 0 Å². The molecule has 0 saturated carbocycles. The number of thiazole rings is 1. The maximum absolute atomic E-state index is 6.04. The first kappa shape index (κ1) is 14.8. The quantitative estimate of drug-likeness (QED) is 0.917. The number of aromatic nitrogens is 1. The first-order chi connectivity index (χ1) is 9.10. The first-order valence-corrected chi connectivity index (χ1v) is 7.53. The molecule has 1 atom stereocenters. The highest BCUT2D eigenvalue weighted by Crippen LogP contribution is 2.26. The van der Waals surface area contributed by atoms with Crippen LogP contribution in [0.5, 0.6) is 0 Å². The maximum atomic E-state index is 6.04. The molecule has 0 aliphatic rings. The van der Waals surface area contributed by atoms with E-state index in [2.05, 4.69) is 9.88 Å². The fourth-order valence-corrected chi connectivity index (χ4v) is 3.11. The fourth-order valence-electron chi connectivity index (χ4n) is 2.02. The maximum Gasteiger partial charge on any atom is 0.0795 e. The van der Waals surface area contributed by atoms with Crippen LogP contribution in [0.4, 0.5) is 0 Å². The van der Waals surface area contributed by atoms with Crippen molar-refractivity contribution in [3.8, 4) is 0 Å². The summed E-state index contributed by atoms with van der Waals surface area (Å²) in [5.41, 5.74) is 9.79. The van der Waals surface area contributed by atoms with Crippen molar-refractivity contribution in [2.24, 2.45) is 5.73 Å². The second-order valence-corrected chi connectivity index (χ2v) is 5.94. The van der Waals surface area contributed by atoms with Gasteiger partial charge in [0.2, 0.25) is 0 Å². The van der Waals surface area contributed by atoms with Crippen molar-refractivity contribution in [1.29, 1.82) is 0 Å². The molecule has 0 aliphatic heterocycles. The smallest absolute Gasteiger partial charge is 0.0795 e. The average Bonchev–Trinajstić information content (AvgIpc) is 2.81. The summed E-state index contributed by atoms with van der Waals surface area (Å²) in [6, 6.07) is 5.60. The molecule has 0 aliphatic carbocycles. The van der Waals surface area contributed by atoms with Crippen molar-refractivity contribution in [1.82, 2.24) is 9.88 Å². The van der Waals surface area contributed by atoms with Crippen molar-refractivity contribution in [2.45, 2.75) is 12.6 Å². The highest BCUT2D eigenvalue weighted by Gasteiger charge is 2.17. The zero-order valence-corrected chi connectivity index (χ0v) is 12.8. The minimum absolute atomic E-state index is 0.0675. The Morgan fingerprint density at radius 2 is 2.00 bits per heavy atom. The lowest BCUT2D eigenvalue weighted by atomic mass is 10.1. The standard InChI is InChI=1S/C13H15Cl2N3S/c1-18(6-12-7-19-8-17-12)13(5-16)9-2-10(14)4-11(15)3-9/h2-4,7-8,13H,5-6,16H2,1H3. The number of benzene rings is 1. The normalized spacial score (nSPS) is 12.9. The van der Waals surface area contributed by atoms with Crippen LogP contribution in [0.2, 0.25) is 10.0 Å². The third kappa shape index (κ3) is 3.91. The van der Waals surface area contributed by atoms with Crippen molar-refractivity contribution in [3.63, 3.8) is 0 Å². The molecule has 1 unspecified atom stereocenters. The van der Waals surface area contributed by atoms with E-state index in [-0.39, 0.29) is 6.04 Å². The molecule has 2 N–H and O–H groups in total. The lowest BCUT2D eigenvalue weighted by molar-refractivity contribution is 0.239. The van der Waals surface area contributed by atoms with Gasteiger partial charge in [0.25, 0.3) is 0 Å². The Balaban J connectivity index is 2.18. The lowest BCUT2D eigenvalue weighted by Gasteiger charge is -2.27. The molecular formula is C13H15Cl2N3S. The summed E-state index contributed by atoms with van der Waals surface area (Å²) < 4.78 is 0. The van der Waals surface area contributed by atoms with Gasteiger partial charge in [-0.15, -0.1) is 11.3 Å². The monoisotopic (exact) mass is 315 g/mol. The molecule has 0 saturated heterocycles. The molecular weight excluding hydrogens is 301 g/mol. The van der Waals surface area contributed by atoms with Crippen LogP contribution in [0.3, 0.4) is 0 Å². The molecule has 2 rings (SSSR count). The second-order valence-electron chi connectivity index (χ2n) is 4.35. The molecule has 3 nitrogen and oxygen atoms in total. The van der Waals surface area contributed by atoms with E-state index in [0.717, 1.165) is 17.8 Å². The Morgan fingerprint density at radius 1 is 1.32 bits per heavy atom. The van der Waals surface area contributed by atoms with E-state index in [9.17, 15) is 0 Å². The topological polar surface area (TPSA) is 42.2 Å². The van der Waals surface area contributed by atoms with E-state index in [1.807, 2.05) is 30.1 Å². The molecule has 0 spiro atoms. The predicted octanol–water partition coefficient (Wildman–Crippen LogP) is 3.58. The van der Waals surface area contributed by atoms with Gasteiger partial charge in [-0.3, -0.25) is 4.90 Å². The van der Waals surface area contributed by atoms with Crippen LogP contribution in [-0.4, -0.2) is 23.5 Å². The number of halogens is 2. The van der Waals surface area contributed by atoms with Crippen LogP contribution in [0.25, 0.3) is 0 Å². The van der Waals surface area contributed by atoms with Gasteiger partial charge in [-0.25, -0.2) is 4.98 Å². The SMILES string of the molecule is CN(Cc1cscn1)C(CN)c1cc(Cl)cc(Cl)c1. The van der Waals surface area contributed by atoms with E-state index in [1.165, 1.54) is 0 Å². The number of hydrogen-bond donors (Lipinski definition) is 1. The Labute approximate surface area is 127 Å². The number of nitrogens with zero attached hydrogens (tertiary/aromatic N) is 2. The number of nitrogens with two attached hydrogens (primary N) is 1. The minimum Gasteiger partial charge on any atom is -0.329 e. The van der Waals surface area contributed by atoms with Crippen molar-refractivity contribution >= 4 is 34.5 Å². The van der Waals surface area contributed by atoms with Gasteiger partial charge in [0, 0.05) is 34.6 Å².